The lowest BCUT2D eigenvalue weighted by molar-refractivity contribution is 0.0954. The lowest BCUT2D eigenvalue weighted by atomic mass is 10.1. The predicted molar refractivity (Wildman–Crippen MR) is 90.7 cm³/mol. The van der Waals surface area contributed by atoms with Gasteiger partial charge < -0.3 is 15.5 Å². The van der Waals surface area contributed by atoms with E-state index in [4.69, 9.17) is 0 Å². The van der Waals surface area contributed by atoms with Gasteiger partial charge in [-0.25, -0.2) is 14.4 Å². The third-order valence-electron chi connectivity index (χ3n) is 3.92. The first-order chi connectivity index (χ1) is 11.7. The van der Waals surface area contributed by atoms with Crippen LogP contribution < -0.4 is 15.5 Å². The SMILES string of the molecule is O=C(NCCNc1ncccn1)c1ccc(N2CCCC2)c(F)c1. The predicted octanol–water partition coefficient (Wildman–Crippen LogP) is 2.06. The summed E-state index contributed by atoms with van der Waals surface area (Å²) in [6, 6.07) is 6.38. The minimum absolute atomic E-state index is 0.294. The molecule has 1 aliphatic heterocycles. The number of halogens is 1. The van der Waals surface area contributed by atoms with Crippen LogP contribution in [0.4, 0.5) is 16.0 Å². The summed E-state index contributed by atoms with van der Waals surface area (Å²) in [5, 5.41) is 5.74. The Kier molecular flexibility index (Phi) is 5.20. The molecule has 0 atom stereocenters. The third-order valence-corrected chi connectivity index (χ3v) is 3.92. The first-order valence-electron chi connectivity index (χ1n) is 8.07. The van der Waals surface area contributed by atoms with Crippen molar-refractivity contribution in [1.29, 1.82) is 0 Å². The van der Waals surface area contributed by atoms with E-state index in [9.17, 15) is 9.18 Å². The van der Waals surface area contributed by atoms with E-state index in [0.29, 0.717) is 30.3 Å². The second kappa shape index (κ2) is 7.72. The minimum atomic E-state index is -0.347. The van der Waals surface area contributed by atoms with Crippen LogP contribution in [0.5, 0.6) is 0 Å². The Labute approximate surface area is 140 Å². The van der Waals surface area contributed by atoms with Gasteiger partial charge in [-0.3, -0.25) is 4.79 Å². The highest BCUT2D eigenvalue weighted by atomic mass is 19.1. The molecule has 2 heterocycles. The Hall–Kier alpha value is -2.70. The van der Waals surface area contributed by atoms with Crippen molar-refractivity contribution >= 4 is 17.5 Å². The maximum Gasteiger partial charge on any atom is 0.251 e. The zero-order chi connectivity index (χ0) is 16.8. The molecule has 1 fully saturated rings. The van der Waals surface area contributed by atoms with Crippen LogP contribution in [0.25, 0.3) is 0 Å². The van der Waals surface area contributed by atoms with Crippen molar-refractivity contribution in [2.24, 2.45) is 0 Å². The van der Waals surface area contributed by atoms with Crippen LogP contribution in [0, 0.1) is 5.82 Å². The number of amides is 1. The number of aromatic nitrogens is 2. The molecule has 0 aliphatic carbocycles. The van der Waals surface area contributed by atoms with Crippen LogP contribution in [0.1, 0.15) is 23.2 Å². The van der Waals surface area contributed by atoms with E-state index in [1.54, 1.807) is 30.6 Å². The Balaban J connectivity index is 1.50. The molecule has 7 heteroatoms. The zero-order valence-corrected chi connectivity index (χ0v) is 13.3. The highest BCUT2D eigenvalue weighted by molar-refractivity contribution is 5.94. The van der Waals surface area contributed by atoms with Crippen LogP contribution in [0.2, 0.25) is 0 Å². The summed E-state index contributed by atoms with van der Waals surface area (Å²) in [6.45, 7) is 2.63. The van der Waals surface area contributed by atoms with Crippen molar-refractivity contribution in [3.8, 4) is 0 Å². The molecular formula is C17H20FN5O. The average molecular weight is 329 g/mol. The monoisotopic (exact) mass is 329 g/mol. The summed E-state index contributed by atoms with van der Waals surface area (Å²) in [7, 11) is 0. The number of anilines is 2. The lowest BCUT2D eigenvalue weighted by Gasteiger charge is -2.18. The standard InChI is InChI=1S/C17H20FN5O/c18-14-12-13(4-5-15(14)23-10-1-2-11-23)16(24)19-8-9-22-17-20-6-3-7-21-17/h3-7,12H,1-2,8-11H2,(H,19,24)(H,20,21,22). The van der Waals surface area contributed by atoms with Gasteiger partial charge in [-0.05, 0) is 37.1 Å². The second-order valence-electron chi connectivity index (χ2n) is 5.62. The Morgan fingerprint density at radius 1 is 1.17 bits per heavy atom. The fraction of sp³-hybridized carbons (Fsp3) is 0.353. The quantitative estimate of drug-likeness (QED) is 0.794. The van der Waals surface area contributed by atoms with Gasteiger partial charge in [-0.15, -0.1) is 0 Å². The third kappa shape index (κ3) is 3.98. The average Bonchev–Trinajstić information content (AvgIpc) is 3.13. The maximum atomic E-state index is 14.2. The molecular weight excluding hydrogens is 309 g/mol. The molecule has 126 valence electrons. The largest absolute Gasteiger partial charge is 0.369 e. The summed E-state index contributed by atoms with van der Waals surface area (Å²) in [5.41, 5.74) is 0.901. The second-order valence-corrected chi connectivity index (χ2v) is 5.62. The van der Waals surface area contributed by atoms with E-state index in [2.05, 4.69) is 20.6 Å². The van der Waals surface area contributed by atoms with Gasteiger partial charge in [0.25, 0.3) is 5.91 Å². The van der Waals surface area contributed by atoms with Crippen molar-refractivity contribution in [1.82, 2.24) is 15.3 Å². The van der Waals surface area contributed by atoms with E-state index >= 15 is 0 Å². The number of hydrogen-bond donors (Lipinski definition) is 2. The normalized spacial score (nSPS) is 13.8. The number of nitrogens with zero attached hydrogens (tertiary/aromatic N) is 3. The molecule has 1 saturated heterocycles. The molecule has 6 nitrogen and oxygen atoms in total. The smallest absolute Gasteiger partial charge is 0.251 e. The molecule has 2 aromatic rings. The first kappa shape index (κ1) is 16.2. The fourth-order valence-electron chi connectivity index (χ4n) is 2.71. The van der Waals surface area contributed by atoms with Crippen molar-refractivity contribution in [2.75, 3.05) is 36.4 Å². The number of carbonyl (C=O) groups excluding carboxylic acids is 1. The van der Waals surface area contributed by atoms with Gasteiger partial charge >= 0.3 is 0 Å². The van der Waals surface area contributed by atoms with Gasteiger partial charge in [-0.1, -0.05) is 0 Å². The molecule has 1 amide bonds. The van der Waals surface area contributed by atoms with Crippen LogP contribution in [-0.2, 0) is 0 Å². The molecule has 0 radical (unpaired) electrons. The van der Waals surface area contributed by atoms with Crippen molar-refractivity contribution in [2.45, 2.75) is 12.8 Å². The highest BCUT2D eigenvalue weighted by Gasteiger charge is 2.17. The number of rotatable bonds is 6. The van der Waals surface area contributed by atoms with E-state index in [-0.39, 0.29) is 11.7 Å². The Morgan fingerprint density at radius 3 is 2.62 bits per heavy atom. The zero-order valence-electron chi connectivity index (χ0n) is 13.3. The highest BCUT2D eigenvalue weighted by Crippen LogP contribution is 2.24. The number of nitrogens with one attached hydrogen (secondary N) is 2. The summed E-state index contributed by atoms with van der Waals surface area (Å²) < 4.78 is 14.2. The number of carbonyl (C=O) groups is 1. The first-order valence-corrected chi connectivity index (χ1v) is 8.07. The maximum absolute atomic E-state index is 14.2. The minimum Gasteiger partial charge on any atom is -0.369 e. The lowest BCUT2D eigenvalue weighted by Crippen LogP contribution is -2.29. The van der Waals surface area contributed by atoms with Crippen molar-refractivity contribution in [3.63, 3.8) is 0 Å². The van der Waals surface area contributed by atoms with Crippen molar-refractivity contribution in [3.05, 3.63) is 48.0 Å². The van der Waals surface area contributed by atoms with Gasteiger partial charge in [0.1, 0.15) is 5.82 Å². The Morgan fingerprint density at radius 2 is 1.92 bits per heavy atom. The number of benzene rings is 1. The van der Waals surface area contributed by atoms with E-state index in [1.807, 2.05) is 4.90 Å². The Bertz CT molecular complexity index is 689. The molecule has 24 heavy (non-hydrogen) atoms. The molecule has 0 saturated carbocycles. The van der Waals surface area contributed by atoms with Crippen LogP contribution >= 0.6 is 0 Å². The summed E-state index contributed by atoms with van der Waals surface area (Å²) in [6.07, 6.45) is 5.44. The fourth-order valence-corrected chi connectivity index (χ4v) is 2.71. The molecule has 0 spiro atoms. The van der Waals surface area contributed by atoms with E-state index < -0.39 is 0 Å². The van der Waals surface area contributed by atoms with E-state index in [1.165, 1.54) is 6.07 Å². The van der Waals surface area contributed by atoms with Crippen LogP contribution in [0.15, 0.2) is 36.7 Å². The van der Waals surface area contributed by atoms with Crippen LogP contribution in [0.3, 0.4) is 0 Å². The van der Waals surface area contributed by atoms with Gasteiger partial charge in [0.15, 0.2) is 0 Å². The summed E-state index contributed by atoms with van der Waals surface area (Å²) in [4.78, 5) is 22.2. The van der Waals surface area contributed by atoms with Gasteiger partial charge in [0.05, 0.1) is 5.69 Å². The molecule has 0 unspecified atom stereocenters. The summed E-state index contributed by atoms with van der Waals surface area (Å²) >= 11 is 0. The molecule has 1 aromatic heterocycles. The molecule has 2 N–H and O–H groups in total. The molecule has 1 aromatic carbocycles. The van der Waals surface area contributed by atoms with Crippen LogP contribution in [-0.4, -0.2) is 42.1 Å². The van der Waals surface area contributed by atoms with Gasteiger partial charge in [0, 0.05) is 44.1 Å². The molecule has 0 bridgehead atoms. The van der Waals surface area contributed by atoms with Crippen molar-refractivity contribution < 1.29 is 9.18 Å². The molecule has 3 rings (SSSR count). The summed E-state index contributed by atoms with van der Waals surface area (Å²) in [5.74, 6) is -0.134. The van der Waals surface area contributed by atoms with Gasteiger partial charge in [-0.2, -0.15) is 0 Å². The van der Waals surface area contributed by atoms with E-state index in [0.717, 1.165) is 25.9 Å². The molecule has 1 aliphatic rings. The number of hydrogen-bond acceptors (Lipinski definition) is 5. The van der Waals surface area contributed by atoms with Gasteiger partial charge in [0.2, 0.25) is 5.95 Å². The topological polar surface area (TPSA) is 70.1 Å².